The Hall–Kier alpha value is -2.89. The van der Waals surface area contributed by atoms with Gasteiger partial charge in [0.05, 0.1) is 14.2 Å². The lowest BCUT2D eigenvalue weighted by atomic mass is 10.1. The van der Waals surface area contributed by atoms with Crippen LogP contribution in [0.4, 0.5) is 0 Å². The Morgan fingerprint density at radius 2 is 1.33 bits per heavy atom. The van der Waals surface area contributed by atoms with Crippen molar-refractivity contribution in [1.82, 2.24) is 5.32 Å². The van der Waals surface area contributed by atoms with Crippen LogP contribution in [0.15, 0.2) is 66.7 Å². The maximum atomic E-state index is 6.37. The summed E-state index contributed by atoms with van der Waals surface area (Å²) in [5, 5.41) is 4.04. The minimum Gasteiger partial charge on any atom is -0.493 e. The molecule has 0 atom stereocenters. The minimum atomic E-state index is 0.466. The van der Waals surface area contributed by atoms with Gasteiger partial charge in [-0.25, -0.2) is 0 Å². The first-order valence-electron chi connectivity index (χ1n) is 9.71. The molecule has 5 nitrogen and oxygen atoms in total. The van der Waals surface area contributed by atoms with Crippen molar-refractivity contribution < 1.29 is 18.9 Å². The first-order valence-corrected chi connectivity index (χ1v) is 10.1. The van der Waals surface area contributed by atoms with Crippen LogP contribution in [0.3, 0.4) is 0 Å². The summed E-state index contributed by atoms with van der Waals surface area (Å²) >= 11 is 6.37. The lowest BCUT2D eigenvalue weighted by Gasteiger charge is -2.14. The van der Waals surface area contributed by atoms with Crippen LogP contribution in [-0.2, 0) is 13.1 Å². The molecule has 0 fully saturated rings. The zero-order valence-corrected chi connectivity index (χ0v) is 17.9. The van der Waals surface area contributed by atoms with Crippen molar-refractivity contribution in [2.75, 3.05) is 27.4 Å². The van der Waals surface area contributed by atoms with E-state index in [1.54, 1.807) is 20.3 Å². The average Bonchev–Trinajstić information content (AvgIpc) is 2.79. The van der Waals surface area contributed by atoms with Crippen molar-refractivity contribution >= 4 is 11.6 Å². The molecule has 3 rings (SSSR count). The van der Waals surface area contributed by atoms with Gasteiger partial charge in [0.25, 0.3) is 0 Å². The minimum absolute atomic E-state index is 0.466. The normalized spacial score (nSPS) is 10.5. The molecule has 1 N–H and O–H groups in total. The predicted octanol–water partition coefficient (Wildman–Crippen LogP) is 5.10. The van der Waals surface area contributed by atoms with Gasteiger partial charge in [-0.15, -0.1) is 0 Å². The molecule has 3 aromatic carbocycles. The molecule has 0 amide bonds. The molecule has 0 heterocycles. The van der Waals surface area contributed by atoms with Gasteiger partial charge in [0.1, 0.15) is 24.7 Å². The van der Waals surface area contributed by atoms with Crippen LogP contribution in [-0.4, -0.2) is 27.4 Å². The molecule has 0 aliphatic rings. The van der Waals surface area contributed by atoms with Gasteiger partial charge >= 0.3 is 0 Å². The van der Waals surface area contributed by atoms with Crippen molar-refractivity contribution in [3.05, 3.63) is 82.9 Å². The van der Waals surface area contributed by atoms with Crippen LogP contribution in [0.2, 0.25) is 5.02 Å². The first-order chi connectivity index (χ1) is 14.7. The Balaban J connectivity index is 1.52. The van der Waals surface area contributed by atoms with E-state index in [1.807, 2.05) is 60.7 Å². The maximum absolute atomic E-state index is 6.37. The summed E-state index contributed by atoms with van der Waals surface area (Å²) in [6.07, 6.45) is 0. The third kappa shape index (κ3) is 6.05. The van der Waals surface area contributed by atoms with Crippen LogP contribution in [0.5, 0.6) is 23.0 Å². The Bertz CT molecular complexity index is 934. The average molecular weight is 428 g/mol. The van der Waals surface area contributed by atoms with E-state index in [9.17, 15) is 0 Å². The monoisotopic (exact) mass is 427 g/mol. The van der Waals surface area contributed by atoms with Crippen LogP contribution < -0.4 is 24.3 Å². The smallest absolute Gasteiger partial charge is 0.162 e. The molecule has 0 saturated carbocycles. The van der Waals surface area contributed by atoms with Crippen LogP contribution in [0.25, 0.3) is 0 Å². The van der Waals surface area contributed by atoms with Gasteiger partial charge < -0.3 is 24.3 Å². The largest absolute Gasteiger partial charge is 0.493 e. The molecule has 3 aromatic rings. The molecule has 0 radical (unpaired) electrons. The summed E-state index contributed by atoms with van der Waals surface area (Å²) in [5.41, 5.74) is 2.00. The lowest BCUT2D eigenvalue weighted by molar-refractivity contribution is 0.215. The molecule has 0 spiro atoms. The number of rotatable bonds is 11. The van der Waals surface area contributed by atoms with Crippen LogP contribution in [0, 0.1) is 0 Å². The molecular formula is C24H26ClNO4. The number of methoxy groups -OCH3 is 2. The van der Waals surface area contributed by atoms with Gasteiger partial charge in [-0.3, -0.25) is 0 Å². The number of hydrogen-bond acceptors (Lipinski definition) is 5. The highest BCUT2D eigenvalue weighted by molar-refractivity contribution is 6.31. The summed E-state index contributed by atoms with van der Waals surface area (Å²) < 4.78 is 22.2. The van der Waals surface area contributed by atoms with E-state index < -0.39 is 0 Å². The van der Waals surface area contributed by atoms with Gasteiger partial charge in [-0.1, -0.05) is 48.0 Å². The quantitative estimate of drug-likeness (QED) is 0.431. The first kappa shape index (κ1) is 21.8. The van der Waals surface area contributed by atoms with Crippen LogP contribution in [0.1, 0.15) is 11.1 Å². The second-order valence-electron chi connectivity index (χ2n) is 6.52. The summed E-state index contributed by atoms with van der Waals surface area (Å²) in [5.74, 6) is 2.94. The van der Waals surface area contributed by atoms with E-state index in [0.29, 0.717) is 42.8 Å². The second kappa shape index (κ2) is 11.3. The zero-order chi connectivity index (χ0) is 21.2. The van der Waals surface area contributed by atoms with E-state index in [4.69, 9.17) is 30.5 Å². The fraction of sp³-hybridized carbons (Fsp3) is 0.250. The van der Waals surface area contributed by atoms with E-state index >= 15 is 0 Å². The highest BCUT2D eigenvalue weighted by Gasteiger charge is 2.10. The Kier molecular flexibility index (Phi) is 8.24. The number of para-hydroxylation sites is 2. The van der Waals surface area contributed by atoms with E-state index in [1.165, 1.54) is 0 Å². The van der Waals surface area contributed by atoms with E-state index in [-0.39, 0.29) is 0 Å². The Morgan fingerprint density at radius 1 is 0.700 bits per heavy atom. The summed E-state index contributed by atoms with van der Waals surface area (Å²) in [4.78, 5) is 0. The fourth-order valence-electron chi connectivity index (χ4n) is 2.98. The molecule has 0 unspecified atom stereocenters. The number of hydrogen-bond donors (Lipinski definition) is 1. The predicted molar refractivity (Wildman–Crippen MR) is 119 cm³/mol. The SMILES string of the molecule is COc1cc(Cl)c(CNCc2ccccc2OCCOc2ccccc2)cc1OC. The van der Waals surface area contributed by atoms with Gasteiger partial charge in [0.15, 0.2) is 11.5 Å². The molecule has 0 aliphatic carbocycles. The van der Waals surface area contributed by atoms with Gasteiger partial charge in [0.2, 0.25) is 0 Å². The third-order valence-corrected chi connectivity index (χ3v) is 4.86. The van der Waals surface area contributed by atoms with Gasteiger partial charge in [-0.2, -0.15) is 0 Å². The third-order valence-electron chi connectivity index (χ3n) is 4.51. The topological polar surface area (TPSA) is 49.0 Å². The number of benzene rings is 3. The molecule has 6 heteroatoms. The van der Waals surface area contributed by atoms with E-state index in [2.05, 4.69) is 5.32 Å². The van der Waals surface area contributed by atoms with Crippen molar-refractivity contribution in [3.8, 4) is 23.0 Å². The molecule has 30 heavy (non-hydrogen) atoms. The summed E-state index contributed by atoms with van der Waals surface area (Å²) in [7, 11) is 3.20. The lowest BCUT2D eigenvalue weighted by Crippen LogP contribution is -2.15. The standard InChI is InChI=1S/C24H26ClNO4/c1-27-23-14-19(21(25)15-24(23)28-2)17-26-16-18-8-6-7-11-22(18)30-13-12-29-20-9-4-3-5-10-20/h3-11,14-15,26H,12-13,16-17H2,1-2H3. The highest BCUT2D eigenvalue weighted by atomic mass is 35.5. The van der Waals surface area contributed by atoms with Crippen molar-refractivity contribution in [2.45, 2.75) is 13.1 Å². The summed E-state index contributed by atoms with van der Waals surface area (Å²) in [6, 6.07) is 21.3. The Morgan fingerprint density at radius 3 is 2.10 bits per heavy atom. The van der Waals surface area contributed by atoms with Crippen molar-refractivity contribution in [2.24, 2.45) is 0 Å². The Labute approximate surface area is 182 Å². The van der Waals surface area contributed by atoms with Crippen LogP contribution >= 0.6 is 11.6 Å². The molecule has 0 aliphatic heterocycles. The molecule has 0 bridgehead atoms. The van der Waals surface area contributed by atoms with Crippen molar-refractivity contribution in [1.29, 1.82) is 0 Å². The second-order valence-corrected chi connectivity index (χ2v) is 6.93. The fourth-order valence-corrected chi connectivity index (χ4v) is 3.20. The number of ether oxygens (including phenoxy) is 4. The van der Waals surface area contributed by atoms with E-state index in [0.717, 1.165) is 22.6 Å². The molecule has 0 aromatic heterocycles. The van der Waals surface area contributed by atoms with Crippen molar-refractivity contribution in [3.63, 3.8) is 0 Å². The maximum Gasteiger partial charge on any atom is 0.162 e. The number of nitrogens with one attached hydrogen (secondary N) is 1. The molecular weight excluding hydrogens is 402 g/mol. The van der Waals surface area contributed by atoms with Gasteiger partial charge in [-0.05, 0) is 29.8 Å². The zero-order valence-electron chi connectivity index (χ0n) is 17.2. The molecule has 0 saturated heterocycles. The summed E-state index contributed by atoms with van der Waals surface area (Å²) in [6.45, 7) is 2.17. The van der Waals surface area contributed by atoms with Gasteiger partial charge in [0, 0.05) is 29.7 Å². The highest BCUT2D eigenvalue weighted by Crippen LogP contribution is 2.33. The number of halogens is 1. The molecule has 158 valence electrons.